The zero-order valence-electron chi connectivity index (χ0n) is 17.0. The quantitative estimate of drug-likeness (QED) is 0.177. The predicted octanol–water partition coefficient (Wildman–Crippen LogP) is 6.64. The fraction of sp³-hybridized carbons (Fsp3) is 0.739. The summed E-state index contributed by atoms with van der Waals surface area (Å²) in [5, 5.41) is 17.2. The van der Waals surface area contributed by atoms with Gasteiger partial charge in [-0.2, -0.15) is 10.5 Å². The van der Waals surface area contributed by atoms with Crippen molar-refractivity contribution in [1.82, 2.24) is 4.90 Å². The molecule has 0 rings (SSSR count). The van der Waals surface area contributed by atoms with Gasteiger partial charge in [-0.3, -0.25) is 0 Å². The number of hydrogen-bond donors (Lipinski definition) is 0. The fourth-order valence-corrected chi connectivity index (χ4v) is 2.92. The average Bonchev–Trinajstić information content (AvgIpc) is 2.65. The van der Waals surface area contributed by atoms with Crippen molar-refractivity contribution >= 4 is 0 Å². The van der Waals surface area contributed by atoms with E-state index in [4.69, 9.17) is 10.5 Å². The van der Waals surface area contributed by atoms with E-state index in [2.05, 4.69) is 18.4 Å². The Bertz CT molecular complexity index is 493. The lowest BCUT2D eigenvalue weighted by atomic mass is 10.0. The molecule has 3 nitrogen and oxygen atoms in total. The molecule has 0 saturated heterocycles. The first-order valence-electron chi connectivity index (χ1n) is 10.5. The molecule has 0 saturated carbocycles. The normalized spacial score (nSPS) is 9.54. The van der Waals surface area contributed by atoms with Crippen LogP contribution in [-0.4, -0.2) is 18.5 Å². The number of allylic oxidation sites excluding steroid dienone is 1. The van der Waals surface area contributed by atoms with Crippen molar-refractivity contribution in [2.45, 2.75) is 96.8 Å². The highest BCUT2D eigenvalue weighted by molar-refractivity contribution is 5.33. The van der Waals surface area contributed by atoms with Crippen LogP contribution in [0.15, 0.2) is 23.2 Å². The highest BCUT2D eigenvalue weighted by Crippen LogP contribution is 2.13. The number of hydrogen-bond acceptors (Lipinski definition) is 3. The lowest BCUT2D eigenvalue weighted by molar-refractivity contribution is 0.428. The van der Waals surface area contributed by atoms with E-state index in [1.165, 1.54) is 89.9 Å². The largest absolute Gasteiger partial charge is 0.374 e. The molecule has 0 fully saturated rings. The Hall–Kier alpha value is -1.92. The second-order valence-corrected chi connectivity index (χ2v) is 7.07. The third-order valence-electron chi connectivity index (χ3n) is 4.57. The van der Waals surface area contributed by atoms with Gasteiger partial charge in [0.25, 0.3) is 0 Å². The Morgan fingerprint density at radius 1 is 0.731 bits per heavy atom. The minimum Gasteiger partial charge on any atom is -0.374 e. The Morgan fingerprint density at radius 2 is 1.15 bits per heavy atom. The van der Waals surface area contributed by atoms with Crippen molar-refractivity contribution in [3.63, 3.8) is 0 Å². The molecular formula is C23H37N3. The average molecular weight is 356 g/mol. The van der Waals surface area contributed by atoms with E-state index < -0.39 is 0 Å². The van der Waals surface area contributed by atoms with Crippen LogP contribution in [0.5, 0.6) is 0 Å². The van der Waals surface area contributed by atoms with Gasteiger partial charge in [-0.25, -0.2) is 0 Å². The molecule has 26 heavy (non-hydrogen) atoms. The molecule has 0 unspecified atom stereocenters. The lowest BCUT2D eigenvalue weighted by Gasteiger charge is -2.11. The molecule has 0 heterocycles. The first-order valence-corrected chi connectivity index (χ1v) is 10.5. The molecule has 0 aliphatic carbocycles. The molecule has 0 N–H and O–H groups in total. The second-order valence-electron chi connectivity index (χ2n) is 7.07. The monoisotopic (exact) mass is 355 g/mol. The second kappa shape index (κ2) is 19.4. The van der Waals surface area contributed by atoms with E-state index in [1.54, 1.807) is 18.3 Å². The molecule has 0 spiro atoms. The van der Waals surface area contributed by atoms with E-state index in [0.29, 0.717) is 0 Å². The molecule has 0 aromatic carbocycles. The first-order chi connectivity index (χ1) is 12.7. The third-order valence-corrected chi connectivity index (χ3v) is 4.57. The van der Waals surface area contributed by atoms with Crippen molar-refractivity contribution in [1.29, 1.82) is 10.5 Å². The Labute approximate surface area is 161 Å². The van der Waals surface area contributed by atoms with E-state index in [-0.39, 0.29) is 5.57 Å². The highest BCUT2D eigenvalue weighted by atomic mass is 15.1. The summed E-state index contributed by atoms with van der Waals surface area (Å²) in [6.45, 7) is 3.25. The van der Waals surface area contributed by atoms with Gasteiger partial charge in [-0.15, -0.1) is 0 Å². The molecule has 3 heteroatoms. The fourth-order valence-electron chi connectivity index (χ4n) is 2.92. The van der Waals surface area contributed by atoms with Crippen LogP contribution < -0.4 is 0 Å². The summed E-state index contributed by atoms with van der Waals surface area (Å²) >= 11 is 0. The summed E-state index contributed by atoms with van der Waals surface area (Å²) in [6.07, 6.45) is 20.9. The van der Waals surface area contributed by atoms with Crippen LogP contribution in [0, 0.1) is 22.7 Å². The minimum atomic E-state index is -0.0360. The Balaban J connectivity index is 3.44. The van der Waals surface area contributed by atoms with Crippen LogP contribution in [0.3, 0.4) is 0 Å². The molecule has 0 bridgehead atoms. The Morgan fingerprint density at radius 3 is 1.58 bits per heavy atom. The number of unbranched alkanes of at least 4 members (excludes halogenated alkanes) is 13. The molecule has 0 aromatic heterocycles. The van der Waals surface area contributed by atoms with Crippen molar-refractivity contribution in [2.24, 2.45) is 0 Å². The highest BCUT2D eigenvalue weighted by Gasteiger charge is 1.95. The van der Waals surface area contributed by atoms with Crippen molar-refractivity contribution in [3.05, 3.63) is 23.2 Å². The van der Waals surface area contributed by atoms with Gasteiger partial charge >= 0.3 is 0 Å². The van der Waals surface area contributed by atoms with Crippen molar-refractivity contribution < 1.29 is 0 Å². The van der Waals surface area contributed by atoms with Crippen LogP contribution in [0.4, 0.5) is 0 Å². The zero-order valence-corrected chi connectivity index (χ0v) is 17.0. The summed E-state index contributed by atoms with van der Waals surface area (Å²) in [5.74, 6) is 0. The molecular weight excluding hydrogens is 318 g/mol. The lowest BCUT2D eigenvalue weighted by Crippen LogP contribution is -2.11. The van der Waals surface area contributed by atoms with Crippen LogP contribution in [0.25, 0.3) is 0 Å². The molecule has 0 aliphatic rings. The van der Waals surface area contributed by atoms with E-state index in [1.807, 2.05) is 11.9 Å². The summed E-state index contributed by atoms with van der Waals surface area (Å²) in [6, 6.07) is 3.53. The van der Waals surface area contributed by atoms with Crippen molar-refractivity contribution in [2.75, 3.05) is 13.6 Å². The molecule has 0 aromatic rings. The van der Waals surface area contributed by atoms with Gasteiger partial charge in [0.15, 0.2) is 5.57 Å². The Kier molecular flexibility index (Phi) is 18.0. The van der Waals surface area contributed by atoms with Gasteiger partial charge in [-0.1, -0.05) is 96.1 Å². The summed E-state index contributed by atoms with van der Waals surface area (Å²) in [5.41, 5.74) is 5.27. The molecule has 0 aliphatic heterocycles. The molecule has 0 radical (unpaired) electrons. The minimum absolute atomic E-state index is 0.0360. The predicted molar refractivity (Wildman–Crippen MR) is 109 cm³/mol. The van der Waals surface area contributed by atoms with Crippen LogP contribution in [-0.2, 0) is 0 Å². The van der Waals surface area contributed by atoms with Crippen LogP contribution in [0.2, 0.25) is 0 Å². The third kappa shape index (κ3) is 16.9. The van der Waals surface area contributed by atoms with E-state index in [0.717, 1.165) is 6.54 Å². The standard InChI is InChI=1S/C23H37N3/c1-3-4-5-6-7-8-9-10-11-12-13-14-15-16-19-26(2)20-17-18-23(21-24)22-25/h20H,3-16,19H2,1-2H3. The van der Waals surface area contributed by atoms with Crippen LogP contribution in [0.1, 0.15) is 96.8 Å². The van der Waals surface area contributed by atoms with Gasteiger partial charge in [0.1, 0.15) is 12.1 Å². The zero-order chi connectivity index (χ0) is 19.3. The number of rotatable bonds is 16. The number of nitrogens with zero attached hydrogens (tertiary/aromatic N) is 3. The molecule has 0 atom stereocenters. The molecule has 0 amide bonds. The maximum Gasteiger partial charge on any atom is 0.179 e. The smallest absolute Gasteiger partial charge is 0.179 e. The van der Waals surface area contributed by atoms with Crippen LogP contribution >= 0.6 is 0 Å². The number of nitriles is 2. The first kappa shape index (κ1) is 24.1. The molecule has 144 valence electrons. The SMILES string of the molecule is CCCCCCCCCCCCCCCCN(C)C=C=C=C(C#N)C#N. The van der Waals surface area contributed by atoms with Gasteiger partial charge < -0.3 is 4.90 Å². The van der Waals surface area contributed by atoms with E-state index in [9.17, 15) is 0 Å². The van der Waals surface area contributed by atoms with Gasteiger partial charge in [0.05, 0.1) is 6.20 Å². The topological polar surface area (TPSA) is 50.8 Å². The summed E-state index contributed by atoms with van der Waals surface area (Å²) < 4.78 is 0. The van der Waals surface area contributed by atoms with Gasteiger partial charge in [0.2, 0.25) is 0 Å². The maximum absolute atomic E-state index is 8.60. The summed E-state index contributed by atoms with van der Waals surface area (Å²) in [7, 11) is 1.98. The summed E-state index contributed by atoms with van der Waals surface area (Å²) in [4.78, 5) is 2.03. The van der Waals surface area contributed by atoms with Crippen molar-refractivity contribution in [3.8, 4) is 12.1 Å². The maximum atomic E-state index is 8.60. The van der Waals surface area contributed by atoms with Gasteiger partial charge in [0, 0.05) is 13.6 Å². The van der Waals surface area contributed by atoms with E-state index >= 15 is 0 Å². The van der Waals surface area contributed by atoms with Gasteiger partial charge in [-0.05, 0) is 12.2 Å².